The molecule has 1 amide bonds. The molecule has 0 aliphatic carbocycles. The van der Waals surface area contributed by atoms with Crippen LogP contribution in [0.25, 0.3) is 11.0 Å². The molecule has 2 heterocycles. The number of carbonyl (C=O) groups excluding carboxylic acids is 1. The number of β-amino-alcohol motifs (C(OH)–C–C–N with tert-alkyl or cyclic N) is 1. The summed E-state index contributed by atoms with van der Waals surface area (Å²) in [6.45, 7) is 3.97. The number of amides is 1. The minimum Gasteiger partial charge on any atom is -0.491 e. The van der Waals surface area contributed by atoms with E-state index in [0.717, 1.165) is 46.9 Å². The number of ether oxygens (including phenoxy) is 1. The molecule has 7 nitrogen and oxygen atoms in total. The fourth-order valence-electron chi connectivity index (χ4n) is 4.42. The van der Waals surface area contributed by atoms with Crippen LogP contribution in [-0.4, -0.2) is 48.3 Å². The third kappa shape index (κ3) is 5.87. The molecular formula is C26H29BrN2O5. The van der Waals surface area contributed by atoms with Gasteiger partial charge >= 0.3 is 5.63 Å². The first kappa shape index (κ1) is 24.4. The highest BCUT2D eigenvalue weighted by Crippen LogP contribution is 2.26. The summed E-state index contributed by atoms with van der Waals surface area (Å²) in [4.78, 5) is 26.1. The van der Waals surface area contributed by atoms with E-state index in [1.807, 2.05) is 43.3 Å². The van der Waals surface area contributed by atoms with Crippen LogP contribution in [0.5, 0.6) is 5.75 Å². The number of rotatable bonds is 8. The summed E-state index contributed by atoms with van der Waals surface area (Å²) in [5, 5.41) is 11.3. The Labute approximate surface area is 206 Å². The zero-order valence-electron chi connectivity index (χ0n) is 19.1. The molecule has 1 atom stereocenters. The highest BCUT2D eigenvalue weighted by atomic mass is 79.9. The van der Waals surface area contributed by atoms with E-state index in [-0.39, 0.29) is 24.1 Å². The Bertz CT molecular complexity index is 1220. The van der Waals surface area contributed by atoms with Crippen molar-refractivity contribution >= 4 is 32.8 Å². The van der Waals surface area contributed by atoms with Crippen LogP contribution in [-0.2, 0) is 11.2 Å². The van der Waals surface area contributed by atoms with Gasteiger partial charge in [0.2, 0.25) is 5.91 Å². The predicted octanol–water partition coefficient (Wildman–Crippen LogP) is 3.39. The highest BCUT2D eigenvalue weighted by Gasteiger charge is 2.24. The number of hydrogen-bond donors (Lipinski definition) is 2. The Balaban J connectivity index is 1.39. The van der Waals surface area contributed by atoms with E-state index in [1.54, 1.807) is 6.07 Å². The number of likely N-dealkylation sites (tertiary alicyclic amines) is 1. The van der Waals surface area contributed by atoms with Crippen LogP contribution < -0.4 is 16.1 Å². The molecule has 3 N–H and O–H groups in total. The molecule has 1 fully saturated rings. The molecule has 34 heavy (non-hydrogen) atoms. The van der Waals surface area contributed by atoms with Gasteiger partial charge in [0.15, 0.2) is 0 Å². The van der Waals surface area contributed by atoms with Crippen LogP contribution in [0.1, 0.15) is 29.5 Å². The molecule has 4 rings (SSSR count). The Morgan fingerprint density at radius 1 is 1.24 bits per heavy atom. The molecule has 180 valence electrons. The fourth-order valence-corrected chi connectivity index (χ4v) is 4.68. The summed E-state index contributed by atoms with van der Waals surface area (Å²) >= 11 is 3.43. The molecule has 1 aliphatic rings. The molecule has 1 aliphatic heterocycles. The van der Waals surface area contributed by atoms with Crippen molar-refractivity contribution in [3.8, 4) is 5.75 Å². The van der Waals surface area contributed by atoms with E-state index >= 15 is 0 Å². The van der Waals surface area contributed by atoms with Crippen molar-refractivity contribution in [2.75, 3.05) is 26.2 Å². The summed E-state index contributed by atoms with van der Waals surface area (Å²) in [5.74, 6) is 0.208. The maximum atomic E-state index is 12.7. The Morgan fingerprint density at radius 3 is 2.62 bits per heavy atom. The number of hydrogen-bond acceptors (Lipinski definition) is 6. The second-order valence-corrected chi connectivity index (χ2v) is 9.81. The molecule has 0 saturated carbocycles. The molecule has 2 aromatic carbocycles. The van der Waals surface area contributed by atoms with Crippen molar-refractivity contribution < 1.29 is 19.1 Å². The van der Waals surface area contributed by atoms with Gasteiger partial charge in [-0.15, -0.1) is 0 Å². The van der Waals surface area contributed by atoms with E-state index in [9.17, 15) is 14.7 Å². The van der Waals surface area contributed by atoms with E-state index in [0.29, 0.717) is 29.9 Å². The fraction of sp³-hybridized carbons (Fsp3) is 0.385. The van der Waals surface area contributed by atoms with Crippen molar-refractivity contribution in [2.45, 2.75) is 32.3 Å². The molecule has 0 bridgehead atoms. The average molecular weight is 529 g/mol. The minimum atomic E-state index is -0.678. The van der Waals surface area contributed by atoms with Crippen LogP contribution >= 0.6 is 15.9 Å². The van der Waals surface area contributed by atoms with Crippen LogP contribution in [0.15, 0.2) is 56.1 Å². The number of aliphatic hydroxyl groups is 1. The first-order chi connectivity index (χ1) is 16.3. The second-order valence-electron chi connectivity index (χ2n) is 8.90. The van der Waals surface area contributed by atoms with Gasteiger partial charge in [-0.2, -0.15) is 0 Å². The lowest BCUT2D eigenvalue weighted by molar-refractivity contribution is -0.123. The van der Waals surface area contributed by atoms with Gasteiger partial charge in [0, 0.05) is 40.4 Å². The van der Waals surface area contributed by atoms with E-state index in [2.05, 4.69) is 20.8 Å². The normalized spacial score (nSPS) is 16.0. The molecule has 8 heteroatoms. The summed E-state index contributed by atoms with van der Waals surface area (Å²) in [6, 6.07) is 13.3. The van der Waals surface area contributed by atoms with Gasteiger partial charge in [-0.1, -0.05) is 28.1 Å². The zero-order valence-corrected chi connectivity index (χ0v) is 20.7. The number of primary amides is 1. The van der Waals surface area contributed by atoms with Gasteiger partial charge in [0.1, 0.15) is 24.0 Å². The van der Waals surface area contributed by atoms with Gasteiger partial charge in [-0.05, 0) is 68.2 Å². The van der Waals surface area contributed by atoms with Crippen LogP contribution in [0.3, 0.4) is 0 Å². The topological polar surface area (TPSA) is 106 Å². The van der Waals surface area contributed by atoms with E-state index in [4.69, 9.17) is 14.9 Å². The summed E-state index contributed by atoms with van der Waals surface area (Å²) < 4.78 is 12.4. The summed E-state index contributed by atoms with van der Waals surface area (Å²) in [5.41, 5.74) is 8.04. The number of nitrogens with two attached hydrogens (primary N) is 1. The number of nitrogens with zero attached hydrogens (tertiary/aromatic N) is 1. The largest absolute Gasteiger partial charge is 0.491 e. The molecule has 0 spiro atoms. The van der Waals surface area contributed by atoms with Gasteiger partial charge in [0.05, 0.1) is 0 Å². The molecule has 0 radical (unpaired) electrons. The van der Waals surface area contributed by atoms with E-state index < -0.39 is 6.10 Å². The Morgan fingerprint density at radius 2 is 1.94 bits per heavy atom. The molecule has 1 unspecified atom stereocenters. The second kappa shape index (κ2) is 10.7. The number of aryl methyl sites for hydroxylation is 1. The van der Waals surface area contributed by atoms with Crippen molar-refractivity contribution in [2.24, 2.45) is 11.7 Å². The van der Waals surface area contributed by atoms with E-state index in [1.165, 1.54) is 0 Å². The number of halogens is 1. The quantitative estimate of drug-likeness (QED) is 0.434. The smallest absolute Gasteiger partial charge is 0.340 e. The lowest BCUT2D eigenvalue weighted by Crippen LogP contribution is -2.43. The van der Waals surface area contributed by atoms with Gasteiger partial charge in [0.25, 0.3) is 0 Å². The summed E-state index contributed by atoms with van der Waals surface area (Å²) in [7, 11) is 0. The maximum Gasteiger partial charge on any atom is 0.340 e. The van der Waals surface area contributed by atoms with Crippen LogP contribution in [0.4, 0.5) is 0 Å². The maximum absolute atomic E-state index is 12.7. The number of carbonyl (C=O) groups is 1. The SMILES string of the molecule is Cc1c(Cc2ccc(Br)cc2)c(=O)oc2cc(OCC(O)CN3CCC(C(N)=O)CC3)ccc12. The molecule has 1 aromatic heterocycles. The van der Waals surface area contributed by atoms with Crippen LogP contribution in [0, 0.1) is 12.8 Å². The Kier molecular flexibility index (Phi) is 7.70. The van der Waals surface area contributed by atoms with Gasteiger partial charge in [-0.3, -0.25) is 4.79 Å². The lowest BCUT2D eigenvalue weighted by Gasteiger charge is -2.31. The van der Waals surface area contributed by atoms with Crippen LogP contribution in [0.2, 0.25) is 0 Å². The highest BCUT2D eigenvalue weighted by molar-refractivity contribution is 9.10. The van der Waals surface area contributed by atoms with Crippen molar-refractivity contribution in [1.82, 2.24) is 4.90 Å². The minimum absolute atomic E-state index is 0.0734. The molecular weight excluding hydrogens is 500 g/mol. The molecule has 1 saturated heterocycles. The Hall–Kier alpha value is -2.68. The first-order valence-electron chi connectivity index (χ1n) is 11.4. The lowest BCUT2D eigenvalue weighted by atomic mass is 9.96. The van der Waals surface area contributed by atoms with Crippen molar-refractivity contribution in [3.63, 3.8) is 0 Å². The third-order valence-electron chi connectivity index (χ3n) is 6.45. The summed E-state index contributed by atoms with van der Waals surface area (Å²) in [6.07, 6.45) is 1.26. The van der Waals surface area contributed by atoms with Crippen molar-refractivity contribution in [3.05, 3.63) is 74.0 Å². The van der Waals surface area contributed by atoms with Gasteiger partial charge in [-0.25, -0.2) is 4.79 Å². The van der Waals surface area contributed by atoms with Crippen molar-refractivity contribution in [1.29, 1.82) is 0 Å². The number of fused-ring (bicyclic) bond motifs is 1. The number of aliphatic hydroxyl groups excluding tert-OH is 1. The number of piperidine rings is 1. The number of benzene rings is 2. The van der Waals surface area contributed by atoms with Gasteiger partial charge < -0.3 is 24.9 Å². The standard InChI is InChI=1S/C26H29BrN2O5/c1-16-22-7-6-21(33-15-20(30)14-29-10-8-18(9-11-29)25(28)31)13-24(22)34-26(32)23(16)12-17-2-4-19(27)5-3-17/h2-7,13,18,20,30H,8-12,14-15H2,1H3,(H2,28,31). The zero-order chi connectivity index (χ0) is 24.2. The predicted molar refractivity (Wildman–Crippen MR) is 134 cm³/mol. The third-order valence-corrected chi connectivity index (χ3v) is 6.98. The first-order valence-corrected chi connectivity index (χ1v) is 12.2. The average Bonchev–Trinajstić information content (AvgIpc) is 2.82. The monoisotopic (exact) mass is 528 g/mol. The molecule has 3 aromatic rings.